The molecular weight excluding hydrogens is 280 g/mol. The van der Waals surface area contributed by atoms with Crippen LogP contribution in [0, 0.1) is 5.41 Å². The van der Waals surface area contributed by atoms with E-state index in [0.29, 0.717) is 17.4 Å². The maximum absolute atomic E-state index is 13.0. The molecule has 1 aliphatic heterocycles. The largest absolute Gasteiger partial charge is 0.318 e. The highest BCUT2D eigenvalue weighted by molar-refractivity contribution is 7.08. The zero-order valence-corrected chi connectivity index (χ0v) is 13.7. The van der Waals surface area contributed by atoms with Crippen molar-refractivity contribution in [3.63, 3.8) is 0 Å². The summed E-state index contributed by atoms with van der Waals surface area (Å²) in [6.07, 6.45) is 6.95. The van der Waals surface area contributed by atoms with E-state index in [-0.39, 0.29) is 11.7 Å². The van der Waals surface area contributed by atoms with Gasteiger partial charge < -0.3 is 4.90 Å². The lowest BCUT2D eigenvalue weighted by molar-refractivity contribution is -0.134. The summed E-state index contributed by atoms with van der Waals surface area (Å²) < 4.78 is 0. The first-order chi connectivity index (χ1) is 10.0. The van der Waals surface area contributed by atoms with Crippen molar-refractivity contribution in [3.8, 4) is 0 Å². The number of carbonyl (C=O) groups excluding carboxylic acids is 1. The van der Waals surface area contributed by atoms with Gasteiger partial charge in [0.05, 0.1) is 0 Å². The van der Waals surface area contributed by atoms with Gasteiger partial charge in [0.15, 0.2) is 0 Å². The Morgan fingerprint density at radius 1 is 1.33 bits per heavy atom. The van der Waals surface area contributed by atoms with Gasteiger partial charge in [0.2, 0.25) is 5.91 Å². The van der Waals surface area contributed by atoms with Gasteiger partial charge in [0.25, 0.3) is 0 Å². The van der Waals surface area contributed by atoms with E-state index in [1.165, 1.54) is 18.4 Å². The molecule has 4 heteroatoms. The number of hydrogen-bond acceptors (Lipinski definition) is 3. The van der Waals surface area contributed by atoms with Gasteiger partial charge in [-0.05, 0) is 59.9 Å². The third kappa shape index (κ3) is 2.23. The Hall–Kier alpha value is -0.870. The number of thiophene rings is 1. The smallest absolute Gasteiger partial charge is 0.244 e. The molecule has 0 aromatic carbocycles. The molecule has 1 aromatic heterocycles. The Labute approximate surface area is 130 Å². The maximum atomic E-state index is 13.0. The van der Waals surface area contributed by atoms with E-state index in [4.69, 9.17) is 0 Å². The molecule has 3 fully saturated rings. The third-order valence-electron chi connectivity index (χ3n) is 5.52. The van der Waals surface area contributed by atoms with Crippen LogP contribution >= 0.6 is 11.3 Å². The average molecular weight is 304 g/mol. The van der Waals surface area contributed by atoms with Crippen molar-refractivity contribution in [3.05, 3.63) is 22.4 Å². The molecule has 0 bridgehead atoms. The normalized spacial score (nSPS) is 33.6. The van der Waals surface area contributed by atoms with Gasteiger partial charge in [-0.25, -0.2) is 0 Å². The third-order valence-corrected chi connectivity index (χ3v) is 6.22. The summed E-state index contributed by atoms with van der Waals surface area (Å²) in [6.45, 7) is 4.69. The lowest BCUT2D eigenvalue weighted by atomic mass is 9.74. The predicted molar refractivity (Wildman–Crippen MR) is 85.0 cm³/mol. The molecule has 3 aliphatic rings. The number of nitrogens with zero attached hydrogens (tertiary/aromatic N) is 1. The Morgan fingerprint density at radius 3 is 2.76 bits per heavy atom. The van der Waals surface area contributed by atoms with Crippen molar-refractivity contribution in [2.75, 3.05) is 0 Å². The van der Waals surface area contributed by atoms with Crippen LogP contribution in [0.25, 0.3) is 0 Å². The zero-order valence-electron chi connectivity index (χ0n) is 12.9. The average Bonchev–Trinajstić information content (AvgIpc) is 2.90. The monoisotopic (exact) mass is 304 g/mol. The van der Waals surface area contributed by atoms with E-state index in [9.17, 15) is 4.79 Å². The minimum absolute atomic E-state index is 0.102. The fourth-order valence-corrected chi connectivity index (χ4v) is 4.87. The highest BCUT2D eigenvalue weighted by Gasteiger charge is 2.60. The number of rotatable bonds is 2. The minimum Gasteiger partial charge on any atom is -0.318 e. The lowest BCUT2D eigenvalue weighted by Gasteiger charge is -2.41. The van der Waals surface area contributed by atoms with Gasteiger partial charge in [0.1, 0.15) is 11.7 Å². The first kappa shape index (κ1) is 13.8. The molecule has 1 spiro atoms. The first-order valence-corrected chi connectivity index (χ1v) is 9.08. The minimum atomic E-state index is -0.214. The highest BCUT2D eigenvalue weighted by atomic mass is 32.1. The van der Waals surface area contributed by atoms with Crippen LogP contribution in [0.15, 0.2) is 16.8 Å². The van der Waals surface area contributed by atoms with Gasteiger partial charge >= 0.3 is 0 Å². The number of carbonyl (C=O) groups is 1. The van der Waals surface area contributed by atoms with E-state index in [1.54, 1.807) is 11.3 Å². The number of hydrogen-bond donors (Lipinski definition) is 1. The summed E-state index contributed by atoms with van der Waals surface area (Å²) in [6, 6.07) is 2.57. The number of amides is 1. The van der Waals surface area contributed by atoms with Gasteiger partial charge in [-0.3, -0.25) is 10.1 Å². The maximum Gasteiger partial charge on any atom is 0.244 e. The van der Waals surface area contributed by atoms with Crippen LogP contribution in [0.2, 0.25) is 0 Å². The Morgan fingerprint density at radius 2 is 2.14 bits per heavy atom. The summed E-state index contributed by atoms with van der Waals surface area (Å²) in [5.41, 5.74) is 1.41. The van der Waals surface area contributed by atoms with Crippen LogP contribution in [0.3, 0.4) is 0 Å². The molecule has 1 aromatic rings. The predicted octanol–water partition coefficient (Wildman–Crippen LogP) is 3.68. The molecular formula is C17H24N2OS. The molecule has 1 N–H and O–H groups in total. The summed E-state index contributed by atoms with van der Waals surface area (Å²) in [4.78, 5) is 15.2. The molecule has 1 saturated heterocycles. The summed E-state index contributed by atoms with van der Waals surface area (Å²) >= 11 is 1.72. The standard InChI is InChI=1S/C17H24N2OS/c1-16(2)6-3-4-13(10-16)19-14(12-5-9-21-11-12)18-17(7-8-17)15(19)20/h5,9,11,13-14,18H,3-4,6-8,10H2,1-2H3. The molecule has 0 radical (unpaired) electrons. The van der Waals surface area contributed by atoms with Crippen molar-refractivity contribution in [1.82, 2.24) is 10.2 Å². The molecule has 2 saturated carbocycles. The van der Waals surface area contributed by atoms with Gasteiger partial charge in [-0.1, -0.05) is 20.3 Å². The zero-order chi connectivity index (χ0) is 14.7. The molecule has 4 rings (SSSR count). The van der Waals surface area contributed by atoms with Crippen LogP contribution in [0.1, 0.15) is 64.1 Å². The summed E-state index contributed by atoms with van der Waals surface area (Å²) in [5.74, 6) is 0.362. The fourth-order valence-electron chi connectivity index (χ4n) is 4.19. The van der Waals surface area contributed by atoms with Crippen LogP contribution in [-0.4, -0.2) is 22.4 Å². The molecule has 3 nitrogen and oxygen atoms in total. The fraction of sp³-hybridized carbons (Fsp3) is 0.706. The van der Waals surface area contributed by atoms with Crippen LogP contribution in [0.5, 0.6) is 0 Å². The van der Waals surface area contributed by atoms with Crippen molar-refractivity contribution in [2.45, 2.75) is 70.1 Å². The quantitative estimate of drug-likeness (QED) is 0.904. The summed E-state index contributed by atoms with van der Waals surface area (Å²) in [5, 5.41) is 7.95. The van der Waals surface area contributed by atoms with Crippen molar-refractivity contribution >= 4 is 17.2 Å². The molecule has 21 heavy (non-hydrogen) atoms. The van der Waals surface area contributed by atoms with E-state index in [1.807, 2.05) is 0 Å². The Kier molecular flexibility index (Phi) is 2.99. The van der Waals surface area contributed by atoms with Crippen molar-refractivity contribution in [2.24, 2.45) is 5.41 Å². The number of nitrogens with one attached hydrogen (secondary N) is 1. The molecule has 114 valence electrons. The van der Waals surface area contributed by atoms with Crippen molar-refractivity contribution < 1.29 is 4.79 Å². The molecule has 2 aliphatic carbocycles. The van der Waals surface area contributed by atoms with Crippen LogP contribution in [0.4, 0.5) is 0 Å². The highest BCUT2D eigenvalue weighted by Crippen LogP contribution is 2.49. The molecule has 1 amide bonds. The van der Waals surface area contributed by atoms with E-state index in [2.05, 4.69) is 40.9 Å². The second-order valence-corrected chi connectivity index (χ2v) is 8.59. The van der Waals surface area contributed by atoms with Crippen molar-refractivity contribution in [1.29, 1.82) is 0 Å². The van der Waals surface area contributed by atoms with Crippen LogP contribution in [-0.2, 0) is 4.79 Å². The second-order valence-electron chi connectivity index (χ2n) is 7.81. The SMILES string of the molecule is CC1(C)CCCC(N2C(=O)C3(CC3)NC2c2ccsc2)C1. The topological polar surface area (TPSA) is 32.3 Å². The first-order valence-electron chi connectivity index (χ1n) is 8.13. The van der Waals surface area contributed by atoms with Gasteiger partial charge in [0, 0.05) is 6.04 Å². The molecule has 2 atom stereocenters. The summed E-state index contributed by atoms with van der Waals surface area (Å²) in [7, 11) is 0. The van der Waals surface area contributed by atoms with Gasteiger partial charge in [-0.2, -0.15) is 11.3 Å². The molecule has 2 heterocycles. The lowest BCUT2D eigenvalue weighted by Crippen LogP contribution is -2.44. The Balaban J connectivity index is 1.65. The Bertz CT molecular complexity index is 547. The molecule has 2 unspecified atom stereocenters. The second kappa shape index (κ2) is 4.56. The van der Waals surface area contributed by atoms with E-state index >= 15 is 0 Å². The van der Waals surface area contributed by atoms with E-state index < -0.39 is 0 Å². The van der Waals surface area contributed by atoms with Gasteiger partial charge in [-0.15, -0.1) is 0 Å². The van der Waals surface area contributed by atoms with Crippen LogP contribution < -0.4 is 5.32 Å². The van der Waals surface area contributed by atoms with E-state index in [0.717, 1.165) is 25.7 Å².